The minimum absolute atomic E-state index is 0.0497. The summed E-state index contributed by atoms with van der Waals surface area (Å²) in [6.07, 6.45) is 2.14. The van der Waals surface area contributed by atoms with Crippen LogP contribution in [0.1, 0.15) is 20.8 Å². The van der Waals surface area contributed by atoms with E-state index in [2.05, 4.69) is 31.0 Å². The molecule has 1 rings (SSSR count). The van der Waals surface area contributed by atoms with Gasteiger partial charge in [-0.2, -0.15) is 0 Å². The third-order valence-electron chi connectivity index (χ3n) is 2.08. The number of nitrogens with one attached hydrogen (secondary N) is 2. The van der Waals surface area contributed by atoms with Gasteiger partial charge in [0.2, 0.25) is 10.0 Å². The second-order valence-corrected chi connectivity index (χ2v) is 7.85. The first-order chi connectivity index (χ1) is 9.60. The number of carbonyl (C=O) groups is 1. The quantitative estimate of drug-likeness (QED) is 0.757. The predicted octanol–water partition coefficient (Wildman–Crippen LogP) is 1.65. The lowest BCUT2D eigenvalue weighted by Gasteiger charge is -2.19. The Morgan fingerprint density at radius 1 is 1.33 bits per heavy atom. The van der Waals surface area contributed by atoms with Gasteiger partial charge in [-0.25, -0.2) is 17.9 Å². The zero-order valence-corrected chi connectivity index (χ0v) is 14.4. The third-order valence-corrected chi connectivity index (χ3v) is 3.94. The number of hydrogen-bond donors (Lipinski definition) is 2. The normalized spacial score (nSPS) is 12.0. The van der Waals surface area contributed by atoms with E-state index in [1.165, 1.54) is 18.5 Å². The molecule has 2 N–H and O–H groups in total. The Balaban J connectivity index is 2.44. The van der Waals surface area contributed by atoms with Crippen molar-refractivity contribution in [3.05, 3.63) is 22.9 Å². The van der Waals surface area contributed by atoms with Gasteiger partial charge in [0.1, 0.15) is 10.5 Å². The Hall–Kier alpha value is -1.19. The van der Waals surface area contributed by atoms with Gasteiger partial charge in [0.15, 0.2) is 0 Å². The molecule has 0 aromatic carbocycles. The fraction of sp³-hybridized carbons (Fsp3) is 0.500. The maximum Gasteiger partial charge on any atom is 0.407 e. The number of halogens is 1. The highest BCUT2D eigenvalue weighted by Crippen LogP contribution is 2.13. The van der Waals surface area contributed by atoms with Crippen molar-refractivity contribution in [2.24, 2.45) is 0 Å². The van der Waals surface area contributed by atoms with E-state index >= 15 is 0 Å². The largest absolute Gasteiger partial charge is 0.444 e. The van der Waals surface area contributed by atoms with E-state index in [-0.39, 0.29) is 18.0 Å². The van der Waals surface area contributed by atoms with Crippen molar-refractivity contribution >= 4 is 32.0 Å². The molecule has 7 nitrogen and oxygen atoms in total. The summed E-state index contributed by atoms with van der Waals surface area (Å²) >= 11 is 3.16. The van der Waals surface area contributed by atoms with Crippen LogP contribution in [0.15, 0.2) is 27.8 Å². The molecule has 0 spiro atoms. The molecule has 1 aromatic rings. The molecule has 0 bridgehead atoms. The van der Waals surface area contributed by atoms with Gasteiger partial charge in [-0.15, -0.1) is 0 Å². The Bertz CT molecular complexity index is 599. The number of sulfonamides is 1. The van der Waals surface area contributed by atoms with Crippen LogP contribution in [0.2, 0.25) is 0 Å². The number of aromatic nitrogens is 1. The van der Waals surface area contributed by atoms with Gasteiger partial charge in [-0.05, 0) is 42.8 Å². The molecule has 9 heteroatoms. The minimum Gasteiger partial charge on any atom is -0.444 e. The molecule has 0 aliphatic carbocycles. The molecule has 0 saturated carbocycles. The second-order valence-electron chi connectivity index (χ2n) is 5.17. The van der Waals surface area contributed by atoms with Crippen LogP contribution in [0.4, 0.5) is 4.79 Å². The SMILES string of the molecule is CC(C)(C)OC(=O)NCCNS(=O)(=O)c1cncc(Br)c1. The molecule has 0 saturated heterocycles. The third kappa shape index (κ3) is 6.87. The van der Waals surface area contributed by atoms with E-state index in [9.17, 15) is 13.2 Å². The van der Waals surface area contributed by atoms with Crippen LogP contribution in [-0.4, -0.2) is 38.2 Å². The first kappa shape index (κ1) is 17.9. The second kappa shape index (κ2) is 7.19. The molecule has 0 fully saturated rings. The van der Waals surface area contributed by atoms with E-state index in [1.54, 1.807) is 20.8 Å². The molecule has 1 amide bonds. The minimum atomic E-state index is -3.65. The Kier molecular flexibility index (Phi) is 6.11. The number of pyridine rings is 1. The zero-order valence-electron chi connectivity index (χ0n) is 12.0. The number of rotatable bonds is 5. The van der Waals surface area contributed by atoms with Crippen LogP contribution in [0.5, 0.6) is 0 Å². The number of ether oxygens (including phenoxy) is 1. The zero-order chi connectivity index (χ0) is 16.1. The molecule has 0 atom stereocenters. The fourth-order valence-electron chi connectivity index (χ4n) is 1.29. The summed E-state index contributed by atoms with van der Waals surface area (Å²) in [6, 6.07) is 1.44. The molecule has 0 unspecified atom stereocenters. The van der Waals surface area contributed by atoms with Crippen LogP contribution in [0.25, 0.3) is 0 Å². The molecule has 0 aliphatic heterocycles. The topological polar surface area (TPSA) is 97.4 Å². The fourth-order valence-corrected chi connectivity index (χ4v) is 2.82. The molecular formula is C12H18BrN3O4S. The summed E-state index contributed by atoms with van der Waals surface area (Å²) < 4.78 is 31.8. The van der Waals surface area contributed by atoms with E-state index in [0.717, 1.165) is 0 Å². The molecule has 1 heterocycles. The highest BCUT2D eigenvalue weighted by molar-refractivity contribution is 9.10. The first-order valence-corrected chi connectivity index (χ1v) is 8.45. The number of carbonyl (C=O) groups excluding carboxylic acids is 1. The first-order valence-electron chi connectivity index (χ1n) is 6.17. The summed E-state index contributed by atoms with van der Waals surface area (Å²) in [5.41, 5.74) is -0.592. The summed E-state index contributed by atoms with van der Waals surface area (Å²) in [7, 11) is -3.65. The molecule has 118 valence electrons. The van der Waals surface area contributed by atoms with E-state index in [1.807, 2.05) is 0 Å². The maximum absolute atomic E-state index is 11.9. The summed E-state index contributed by atoms with van der Waals surface area (Å²) in [5, 5.41) is 2.46. The van der Waals surface area contributed by atoms with Crippen LogP contribution in [0.3, 0.4) is 0 Å². The number of alkyl carbamates (subject to hydrolysis) is 1. The van der Waals surface area contributed by atoms with Crippen LogP contribution >= 0.6 is 15.9 Å². The molecule has 0 radical (unpaired) electrons. The number of hydrogen-bond acceptors (Lipinski definition) is 5. The van der Waals surface area contributed by atoms with Crippen molar-refractivity contribution in [2.75, 3.05) is 13.1 Å². The maximum atomic E-state index is 11.9. The van der Waals surface area contributed by atoms with Gasteiger partial charge >= 0.3 is 6.09 Å². The highest BCUT2D eigenvalue weighted by atomic mass is 79.9. The monoisotopic (exact) mass is 379 g/mol. The van der Waals surface area contributed by atoms with Gasteiger partial charge < -0.3 is 10.1 Å². The van der Waals surface area contributed by atoms with E-state index in [4.69, 9.17) is 4.74 Å². The average molecular weight is 380 g/mol. The summed E-state index contributed by atoms with van der Waals surface area (Å²) in [5.74, 6) is 0. The smallest absolute Gasteiger partial charge is 0.407 e. The lowest BCUT2D eigenvalue weighted by atomic mass is 10.2. The summed E-state index contributed by atoms with van der Waals surface area (Å²) in [4.78, 5) is 15.2. The Morgan fingerprint density at radius 3 is 2.57 bits per heavy atom. The molecular weight excluding hydrogens is 362 g/mol. The van der Waals surface area contributed by atoms with Gasteiger partial charge in [0.05, 0.1) is 0 Å². The lowest BCUT2D eigenvalue weighted by molar-refractivity contribution is 0.0529. The van der Waals surface area contributed by atoms with Gasteiger partial charge in [-0.3, -0.25) is 4.98 Å². The molecule has 1 aromatic heterocycles. The van der Waals surface area contributed by atoms with Crippen molar-refractivity contribution in [3.8, 4) is 0 Å². The van der Waals surface area contributed by atoms with Crippen LogP contribution in [-0.2, 0) is 14.8 Å². The van der Waals surface area contributed by atoms with Gasteiger partial charge in [-0.1, -0.05) is 0 Å². The number of nitrogens with zero attached hydrogens (tertiary/aromatic N) is 1. The molecule has 0 aliphatic rings. The Labute approximate surface area is 132 Å². The van der Waals surface area contributed by atoms with Gasteiger partial charge in [0, 0.05) is 30.0 Å². The summed E-state index contributed by atoms with van der Waals surface area (Å²) in [6.45, 7) is 5.41. The standard InChI is InChI=1S/C12H18BrN3O4S/c1-12(2,3)20-11(17)15-4-5-16-21(18,19)10-6-9(13)7-14-8-10/h6-8,16H,4-5H2,1-3H3,(H,15,17). The van der Waals surface area contributed by atoms with Gasteiger partial charge in [0.25, 0.3) is 0 Å². The van der Waals surface area contributed by atoms with Crippen LogP contribution in [0, 0.1) is 0 Å². The number of amides is 1. The van der Waals surface area contributed by atoms with Crippen molar-refractivity contribution < 1.29 is 17.9 Å². The predicted molar refractivity (Wildman–Crippen MR) is 81.4 cm³/mol. The highest BCUT2D eigenvalue weighted by Gasteiger charge is 2.17. The lowest BCUT2D eigenvalue weighted by Crippen LogP contribution is -2.37. The average Bonchev–Trinajstić information content (AvgIpc) is 2.32. The van der Waals surface area contributed by atoms with Crippen molar-refractivity contribution in [2.45, 2.75) is 31.3 Å². The van der Waals surface area contributed by atoms with E-state index in [0.29, 0.717) is 4.47 Å². The Morgan fingerprint density at radius 2 is 2.00 bits per heavy atom. The van der Waals surface area contributed by atoms with E-state index < -0.39 is 21.7 Å². The van der Waals surface area contributed by atoms with Crippen molar-refractivity contribution in [3.63, 3.8) is 0 Å². The van der Waals surface area contributed by atoms with Crippen molar-refractivity contribution in [1.82, 2.24) is 15.0 Å². The van der Waals surface area contributed by atoms with Crippen LogP contribution < -0.4 is 10.0 Å². The van der Waals surface area contributed by atoms with Crippen molar-refractivity contribution in [1.29, 1.82) is 0 Å². The molecule has 21 heavy (non-hydrogen) atoms.